The minimum Gasteiger partial charge on any atom is -0.341 e. The van der Waals surface area contributed by atoms with E-state index in [1.165, 1.54) is 0 Å². The Morgan fingerprint density at radius 1 is 1.54 bits per heavy atom. The molecular formula is C9H8N2O2. The number of carbonyl (C=O) groups excluding carboxylic acids is 1. The predicted molar refractivity (Wildman–Crippen MR) is 48.9 cm³/mol. The highest BCUT2D eigenvalue weighted by atomic mass is 16.1. The quantitative estimate of drug-likeness (QED) is 0.649. The van der Waals surface area contributed by atoms with Crippen LogP contribution in [-0.4, -0.2) is 15.8 Å². The van der Waals surface area contributed by atoms with Crippen molar-refractivity contribution < 1.29 is 4.79 Å². The zero-order chi connectivity index (χ0) is 9.42. The van der Waals surface area contributed by atoms with E-state index in [2.05, 4.69) is 4.98 Å². The number of nitrogens with zero attached hydrogens (tertiary/aromatic N) is 1. The van der Waals surface area contributed by atoms with Crippen molar-refractivity contribution in [2.24, 2.45) is 7.05 Å². The first-order chi connectivity index (χ1) is 6.24. The Morgan fingerprint density at radius 2 is 2.31 bits per heavy atom. The zero-order valence-electron chi connectivity index (χ0n) is 7.07. The van der Waals surface area contributed by atoms with E-state index in [0.29, 0.717) is 11.1 Å². The molecule has 4 nitrogen and oxygen atoms in total. The van der Waals surface area contributed by atoms with Gasteiger partial charge in [-0.1, -0.05) is 0 Å². The summed E-state index contributed by atoms with van der Waals surface area (Å²) in [4.78, 5) is 24.4. The highest BCUT2D eigenvalue weighted by Gasteiger charge is 2.06. The number of nitrogens with one attached hydrogen (secondary N) is 1. The van der Waals surface area contributed by atoms with Crippen molar-refractivity contribution >= 4 is 17.2 Å². The van der Waals surface area contributed by atoms with Gasteiger partial charge in [0, 0.05) is 13.2 Å². The molecule has 0 fully saturated rings. The van der Waals surface area contributed by atoms with E-state index < -0.39 is 0 Å². The average Bonchev–Trinajstić information content (AvgIpc) is 2.45. The highest BCUT2D eigenvalue weighted by molar-refractivity contribution is 5.87. The van der Waals surface area contributed by atoms with Gasteiger partial charge < -0.3 is 9.55 Å². The van der Waals surface area contributed by atoms with Crippen LogP contribution in [-0.2, 0) is 7.05 Å². The molecular weight excluding hydrogens is 168 g/mol. The lowest BCUT2D eigenvalue weighted by atomic mass is 10.3. The van der Waals surface area contributed by atoms with Gasteiger partial charge in [-0.25, -0.2) is 0 Å². The second kappa shape index (κ2) is 2.58. The molecule has 0 aliphatic heterocycles. The normalized spacial score (nSPS) is 10.5. The first-order valence-corrected chi connectivity index (χ1v) is 3.86. The Hall–Kier alpha value is -1.84. The van der Waals surface area contributed by atoms with E-state index in [4.69, 9.17) is 0 Å². The molecule has 0 unspecified atom stereocenters. The van der Waals surface area contributed by atoms with Crippen LogP contribution in [0.3, 0.4) is 0 Å². The van der Waals surface area contributed by atoms with Crippen molar-refractivity contribution in [1.29, 1.82) is 0 Å². The zero-order valence-corrected chi connectivity index (χ0v) is 7.07. The molecule has 0 saturated carbocycles. The first kappa shape index (κ1) is 7.79. The van der Waals surface area contributed by atoms with Gasteiger partial charge in [-0.05, 0) is 12.1 Å². The van der Waals surface area contributed by atoms with Gasteiger partial charge in [-0.2, -0.15) is 0 Å². The predicted octanol–water partition coefficient (Wildman–Crippen LogP) is 0.679. The Morgan fingerprint density at radius 3 is 2.92 bits per heavy atom. The summed E-state index contributed by atoms with van der Waals surface area (Å²) in [6, 6.07) is 3.35. The maximum absolute atomic E-state index is 11.3. The minimum atomic E-state index is -0.166. The van der Waals surface area contributed by atoms with Crippen LogP contribution in [0.5, 0.6) is 0 Å². The molecule has 0 aromatic carbocycles. The Kier molecular flexibility index (Phi) is 1.55. The molecule has 0 radical (unpaired) electrons. The number of aryl methyl sites for hydroxylation is 1. The molecule has 2 heterocycles. The summed E-state index contributed by atoms with van der Waals surface area (Å²) in [5.74, 6) is 0. The van der Waals surface area contributed by atoms with Gasteiger partial charge in [0.15, 0.2) is 6.29 Å². The van der Waals surface area contributed by atoms with Crippen molar-refractivity contribution in [3.05, 3.63) is 34.4 Å². The third-order valence-corrected chi connectivity index (χ3v) is 2.14. The van der Waals surface area contributed by atoms with E-state index in [0.717, 1.165) is 11.8 Å². The molecule has 0 spiro atoms. The average molecular weight is 176 g/mol. The molecule has 0 saturated heterocycles. The standard InChI is InChI=1S/C9H8N2O2/c1-11-6(5-12)4-7-8(11)2-3-10-9(7)13/h2-5H,1H3,(H,10,13). The van der Waals surface area contributed by atoms with E-state index >= 15 is 0 Å². The summed E-state index contributed by atoms with van der Waals surface area (Å²) in [5, 5.41) is 0.548. The fraction of sp³-hybridized carbons (Fsp3) is 0.111. The number of aldehydes is 1. The van der Waals surface area contributed by atoms with E-state index in [1.807, 2.05) is 0 Å². The number of aromatic amines is 1. The second-order valence-corrected chi connectivity index (χ2v) is 2.85. The van der Waals surface area contributed by atoms with Crippen molar-refractivity contribution in [2.45, 2.75) is 0 Å². The van der Waals surface area contributed by atoms with Gasteiger partial charge in [-0.15, -0.1) is 0 Å². The van der Waals surface area contributed by atoms with Crippen LogP contribution >= 0.6 is 0 Å². The van der Waals surface area contributed by atoms with Crippen LogP contribution in [0.1, 0.15) is 10.5 Å². The first-order valence-electron chi connectivity index (χ1n) is 3.86. The van der Waals surface area contributed by atoms with Crippen LogP contribution in [0.2, 0.25) is 0 Å². The van der Waals surface area contributed by atoms with Gasteiger partial charge in [0.2, 0.25) is 0 Å². The number of pyridine rings is 1. The second-order valence-electron chi connectivity index (χ2n) is 2.85. The summed E-state index contributed by atoms with van der Waals surface area (Å²) >= 11 is 0. The van der Waals surface area contributed by atoms with Crippen LogP contribution < -0.4 is 5.56 Å². The lowest BCUT2D eigenvalue weighted by Crippen LogP contribution is -2.03. The highest BCUT2D eigenvalue weighted by Crippen LogP contribution is 2.12. The monoisotopic (exact) mass is 176 g/mol. The van der Waals surface area contributed by atoms with Gasteiger partial charge >= 0.3 is 0 Å². The van der Waals surface area contributed by atoms with E-state index in [-0.39, 0.29) is 5.56 Å². The number of carbonyl (C=O) groups is 1. The number of fused-ring (bicyclic) bond motifs is 1. The SMILES string of the molecule is Cn1c(C=O)cc2c(=O)[nH]ccc21. The Labute approximate surface area is 73.8 Å². The number of rotatable bonds is 1. The summed E-state index contributed by atoms with van der Waals surface area (Å²) in [7, 11) is 1.76. The molecule has 66 valence electrons. The number of hydrogen-bond donors (Lipinski definition) is 1. The Balaban J connectivity index is 2.99. The molecule has 4 heteroatoms. The summed E-state index contributed by atoms with van der Waals surface area (Å²) in [6.45, 7) is 0. The summed E-state index contributed by atoms with van der Waals surface area (Å²) in [6.07, 6.45) is 2.30. The van der Waals surface area contributed by atoms with Crippen molar-refractivity contribution in [1.82, 2.24) is 9.55 Å². The summed E-state index contributed by atoms with van der Waals surface area (Å²) < 4.78 is 1.69. The van der Waals surface area contributed by atoms with Crippen LogP contribution in [0.4, 0.5) is 0 Å². The number of H-pyrrole nitrogens is 1. The molecule has 0 aliphatic carbocycles. The van der Waals surface area contributed by atoms with Gasteiger partial charge in [0.1, 0.15) is 0 Å². The Bertz CT molecular complexity index is 522. The molecule has 0 aliphatic rings. The van der Waals surface area contributed by atoms with Crippen molar-refractivity contribution in [3.8, 4) is 0 Å². The summed E-state index contributed by atoms with van der Waals surface area (Å²) in [5.41, 5.74) is 1.11. The maximum atomic E-state index is 11.3. The van der Waals surface area contributed by atoms with E-state index in [1.54, 1.807) is 29.9 Å². The molecule has 2 rings (SSSR count). The van der Waals surface area contributed by atoms with E-state index in [9.17, 15) is 9.59 Å². The maximum Gasteiger partial charge on any atom is 0.257 e. The minimum absolute atomic E-state index is 0.166. The third-order valence-electron chi connectivity index (χ3n) is 2.14. The molecule has 2 aromatic rings. The molecule has 0 atom stereocenters. The van der Waals surface area contributed by atoms with Gasteiger partial charge in [-0.3, -0.25) is 9.59 Å². The molecule has 0 amide bonds. The lowest BCUT2D eigenvalue weighted by Gasteiger charge is -1.95. The fourth-order valence-electron chi connectivity index (χ4n) is 1.41. The molecule has 0 bridgehead atoms. The van der Waals surface area contributed by atoms with Crippen LogP contribution in [0.25, 0.3) is 10.9 Å². The van der Waals surface area contributed by atoms with Gasteiger partial charge in [0.05, 0.1) is 16.6 Å². The largest absolute Gasteiger partial charge is 0.341 e. The van der Waals surface area contributed by atoms with Crippen molar-refractivity contribution in [3.63, 3.8) is 0 Å². The number of aromatic nitrogens is 2. The topological polar surface area (TPSA) is 54.9 Å². The molecule has 2 aromatic heterocycles. The third kappa shape index (κ3) is 0.989. The van der Waals surface area contributed by atoms with Crippen molar-refractivity contribution in [2.75, 3.05) is 0 Å². The number of hydrogen-bond acceptors (Lipinski definition) is 2. The van der Waals surface area contributed by atoms with Crippen LogP contribution in [0.15, 0.2) is 23.1 Å². The van der Waals surface area contributed by atoms with Crippen LogP contribution in [0, 0.1) is 0 Å². The molecule has 13 heavy (non-hydrogen) atoms. The molecule has 1 N–H and O–H groups in total. The smallest absolute Gasteiger partial charge is 0.257 e. The fourth-order valence-corrected chi connectivity index (χ4v) is 1.41. The van der Waals surface area contributed by atoms with Gasteiger partial charge in [0.25, 0.3) is 5.56 Å². The lowest BCUT2D eigenvalue weighted by molar-refractivity contribution is 0.111.